The highest BCUT2D eigenvalue weighted by Gasteiger charge is 2.41. The second-order valence-corrected chi connectivity index (χ2v) is 2.80. The van der Waals surface area contributed by atoms with Crippen LogP contribution in [0.3, 0.4) is 0 Å². The van der Waals surface area contributed by atoms with Crippen LogP contribution in [0, 0.1) is 16.7 Å². The Labute approximate surface area is 71.1 Å². The van der Waals surface area contributed by atoms with Crippen LogP contribution in [-0.2, 0) is 14.3 Å². The number of carbonyl (C=O) groups excluding carboxylic acids is 1. The molecular weight excluding hydrogens is 158 g/mol. The molecule has 0 aromatic rings. The second kappa shape index (κ2) is 3.55. The van der Waals surface area contributed by atoms with Gasteiger partial charge in [-0.05, 0) is 0 Å². The Bertz CT molecular complexity index is 213. The Kier molecular flexibility index (Phi) is 2.66. The number of esters is 1. The molecular formula is C8H11NO3. The summed E-state index contributed by atoms with van der Waals surface area (Å²) in [6.07, 6.45) is 0.881. The molecule has 0 N–H and O–H groups in total. The molecule has 0 amide bonds. The summed E-state index contributed by atoms with van der Waals surface area (Å²) >= 11 is 0. The van der Waals surface area contributed by atoms with Crippen molar-refractivity contribution in [2.75, 3.05) is 20.3 Å². The maximum Gasteiger partial charge on any atom is 0.326 e. The Morgan fingerprint density at radius 2 is 2.17 bits per heavy atom. The minimum atomic E-state index is -0.951. The summed E-state index contributed by atoms with van der Waals surface area (Å²) in [7, 11) is 1.30. The molecule has 66 valence electrons. The first kappa shape index (κ1) is 9.01. The van der Waals surface area contributed by atoms with Gasteiger partial charge in [-0.2, -0.15) is 5.26 Å². The van der Waals surface area contributed by atoms with Crippen LogP contribution in [0.1, 0.15) is 12.8 Å². The van der Waals surface area contributed by atoms with E-state index in [9.17, 15) is 4.79 Å². The lowest BCUT2D eigenvalue weighted by Crippen LogP contribution is -2.36. The number of carbonyl (C=O) groups is 1. The van der Waals surface area contributed by atoms with Crippen LogP contribution in [0.25, 0.3) is 0 Å². The third kappa shape index (κ3) is 1.41. The Morgan fingerprint density at radius 1 is 1.58 bits per heavy atom. The summed E-state index contributed by atoms with van der Waals surface area (Å²) in [4.78, 5) is 11.2. The summed E-state index contributed by atoms with van der Waals surface area (Å²) in [6.45, 7) is 0.922. The van der Waals surface area contributed by atoms with Crippen molar-refractivity contribution in [2.45, 2.75) is 12.8 Å². The number of hydrogen-bond donors (Lipinski definition) is 0. The monoisotopic (exact) mass is 169 g/mol. The van der Waals surface area contributed by atoms with E-state index in [-0.39, 0.29) is 0 Å². The van der Waals surface area contributed by atoms with Crippen molar-refractivity contribution in [3.63, 3.8) is 0 Å². The lowest BCUT2D eigenvalue weighted by atomic mass is 9.82. The first-order chi connectivity index (χ1) is 5.75. The van der Waals surface area contributed by atoms with Gasteiger partial charge in [-0.15, -0.1) is 0 Å². The summed E-state index contributed by atoms with van der Waals surface area (Å²) in [6, 6.07) is 2.01. The maximum absolute atomic E-state index is 11.2. The zero-order valence-electron chi connectivity index (χ0n) is 7.00. The van der Waals surface area contributed by atoms with Crippen LogP contribution in [0.5, 0.6) is 0 Å². The first-order valence-corrected chi connectivity index (χ1v) is 3.82. The molecule has 0 radical (unpaired) electrons. The van der Waals surface area contributed by atoms with E-state index >= 15 is 0 Å². The van der Waals surface area contributed by atoms with Gasteiger partial charge in [-0.25, -0.2) is 0 Å². The molecule has 1 aliphatic heterocycles. The molecule has 1 aliphatic rings. The van der Waals surface area contributed by atoms with E-state index in [4.69, 9.17) is 10.00 Å². The largest absolute Gasteiger partial charge is 0.468 e. The Morgan fingerprint density at radius 3 is 2.58 bits per heavy atom. The van der Waals surface area contributed by atoms with Crippen molar-refractivity contribution in [1.82, 2.24) is 0 Å². The molecule has 0 atom stereocenters. The van der Waals surface area contributed by atoms with E-state index < -0.39 is 11.4 Å². The smallest absolute Gasteiger partial charge is 0.326 e. The van der Waals surface area contributed by atoms with E-state index in [1.165, 1.54) is 7.11 Å². The Balaban J connectivity index is 2.74. The van der Waals surface area contributed by atoms with Crippen molar-refractivity contribution < 1.29 is 14.3 Å². The fourth-order valence-electron chi connectivity index (χ4n) is 1.28. The first-order valence-electron chi connectivity index (χ1n) is 3.82. The quantitative estimate of drug-likeness (QED) is 0.536. The average molecular weight is 169 g/mol. The highest BCUT2D eigenvalue weighted by Crippen LogP contribution is 2.30. The molecule has 1 saturated heterocycles. The summed E-state index contributed by atoms with van der Waals surface area (Å²) in [5.41, 5.74) is -0.951. The number of hydrogen-bond acceptors (Lipinski definition) is 4. The highest BCUT2D eigenvalue weighted by molar-refractivity contribution is 5.80. The van der Waals surface area contributed by atoms with Crippen LogP contribution < -0.4 is 0 Å². The third-order valence-corrected chi connectivity index (χ3v) is 2.14. The molecule has 1 heterocycles. The number of rotatable bonds is 1. The van der Waals surface area contributed by atoms with E-state index in [0.717, 1.165) is 0 Å². The van der Waals surface area contributed by atoms with Gasteiger partial charge in [-0.3, -0.25) is 4.79 Å². The van der Waals surface area contributed by atoms with E-state index in [0.29, 0.717) is 26.1 Å². The molecule has 0 aromatic heterocycles. The van der Waals surface area contributed by atoms with Crippen LogP contribution in [0.2, 0.25) is 0 Å². The number of ether oxygens (including phenoxy) is 2. The zero-order chi connectivity index (χ0) is 9.03. The van der Waals surface area contributed by atoms with Gasteiger partial charge in [0.2, 0.25) is 0 Å². The van der Waals surface area contributed by atoms with Gasteiger partial charge in [0.15, 0.2) is 5.41 Å². The van der Waals surface area contributed by atoms with Crippen LogP contribution in [-0.4, -0.2) is 26.3 Å². The molecule has 0 aromatic carbocycles. The van der Waals surface area contributed by atoms with E-state index in [1.54, 1.807) is 0 Å². The van der Waals surface area contributed by atoms with Gasteiger partial charge in [0.05, 0.1) is 13.2 Å². The lowest BCUT2D eigenvalue weighted by Gasteiger charge is -2.27. The standard InChI is InChI=1S/C8H11NO3/c1-11-7(10)8(6-9)2-4-12-5-3-8/h2-5H2,1H3. The normalized spacial score (nSPS) is 21.0. The SMILES string of the molecule is COC(=O)C1(C#N)CCOCC1. The summed E-state index contributed by atoms with van der Waals surface area (Å²) in [5.74, 6) is -0.437. The predicted octanol–water partition coefficient (Wildman–Crippen LogP) is 0.480. The van der Waals surface area contributed by atoms with Crippen molar-refractivity contribution in [1.29, 1.82) is 5.26 Å². The van der Waals surface area contributed by atoms with Crippen molar-refractivity contribution in [2.24, 2.45) is 5.41 Å². The summed E-state index contributed by atoms with van der Waals surface area (Å²) < 4.78 is 9.63. The van der Waals surface area contributed by atoms with Crippen molar-refractivity contribution in [3.05, 3.63) is 0 Å². The van der Waals surface area contributed by atoms with Crippen molar-refractivity contribution in [3.8, 4) is 6.07 Å². The van der Waals surface area contributed by atoms with Crippen LogP contribution in [0.15, 0.2) is 0 Å². The van der Waals surface area contributed by atoms with Gasteiger partial charge in [0.25, 0.3) is 0 Å². The summed E-state index contributed by atoms with van der Waals surface area (Å²) in [5, 5.41) is 8.84. The van der Waals surface area contributed by atoms with Crippen molar-refractivity contribution >= 4 is 5.97 Å². The van der Waals surface area contributed by atoms with E-state index in [1.807, 2.05) is 6.07 Å². The van der Waals surface area contributed by atoms with Gasteiger partial charge >= 0.3 is 5.97 Å². The minimum absolute atomic E-state index is 0.437. The lowest BCUT2D eigenvalue weighted by molar-refractivity contribution is -0.153. The molecule has 0 bridgehead atoms. The predicted molar refractivity (Wildman–Crippen MR) is 40.1 cm³/mol. The maximum atomic E-state index is 11.2. The van der Waals surface area contributed by atoms with Crippen LogP contribution in [0.4, 0.5) is 0 Å². The third-order valence-electron chi connectivity index (χ3n) is 2.14. The Hall–Kier alpha value is -1.08. The van der Waals surface area contributed by atoms with Gasteiger partial charge in [0, 0.05) is 26.1 Å². The molecule has 12 heavy (non-hydrogen) atoms. The van der Waals surface area contributed by atoms with Crippen LogP contribution >= 0.6 is 0 Å². The zero-order valence-corrected chi connectivity index (χ0v) is 7.00. The second-order valence-electron chi connectivity index (χ2n) is 2.80. The minimum Gasteiger partial charge on any atom is -0.468 e. The molecule has 4 heteroatoms. The molecule has 4 nitrogen and oxygen atoms in total. The number of nitrogens with zero attached hydrogens (tertiary/aromatic N) is 1. The topological polar surface area (TPSA) is 59.3 Å². The molecule has 0 unspecified atom stereocenters. The van der Waals surface area contributed by atoms with Gasteiger partial charge < -0.3 is 9.47 Å². The molecule has 1 fully saturated rings. The fourth-order valence-corrected chi connectivity index (χ4v) is 1.28. The molecule has 0 spiro atoms. The average Bonchev–Trinajstić information content (AvgIpc) is 2.17. The molecule has 0 aliphatic carbocycles. The molecule has 0 saturated carbocycles. The molecule has 1 rings (SSSR count). The van der Waals surface area contributed by atoms with E-state index in [2.05, 4.69) is 4.74 Å². The van der Waals surface area contributed by atoms with Gasteiger partial charge in [-0.1, -0.05) is 0 Å². The highest BCUT2D eigenvalue weighted by atomic mass is 16.5. The van der Waals surface area contributed by atoms with Gasteiger partial charge in [0.1, 0.15) is 0 Å². The number of methoxy groups -OCH3 is 1. The fraction of sp³-hybridized carbons (Fsp3) is 0.750. The number of nitriles is 1.